The molecule has 1 radical (unpaired) electrons. The largest absolute Gasteiger partial charge is 0.494 e. The maximum atomic E-state index is 12.1. The third-order valence-corrected chi connectivity index (χ3v) is 5.35. The molecule has 1 heterocycles. The highest BCUT2D eigenvalue weighted by atomic mass is 16.5. The van der Waals surface area contributed by atoms with Gasteiger partial charge in [0.25, 0.3) is 0 Å². The van der Waals surface area contributed by atoms with Gasteiger partial charge in [-0.1, -0.05) is 44.2 Å². The number of aromatic nitrogens is 1. The number of hydrogen-bond acceptors (Lipinski definition) is 2. The van der Waals surface area contributed by atoms with Crippen LogP contribution in [0.25, 0.3) is 21.8 Å². The average Bonchev–Trinajstić information content (AvgIpc) is 3.02. The summed E-state index contributed by atoms with van der Waals surface area (Å²) in [6.07, 6.45) is 0. The lowest BCUT2D eigenvalue weighted by atomic mass is 10.00. The van der Waals surface area contributed by atoms with Crippen molar-refractivity contribution in [2.75, 3.05) is 6.61 Å². The summed E-state index contributed by atoms with van der Waals surface area (Å²) >= 11 is 0. The highest BCUT2D eigenvalue weighted by Crippen LogP contribution is 2.34. The van der Waals surface area contributed by atoms with E-state index in [4.69, 9.17) is 10.5 Å². The highest BCUT2D eigenvalue weighted by molar-refractivity contribution is 6.17. The van der Waals surface area contributed by atoms with E-state index in [0.29, 0.717) is 24.6 Å². The molecule has 4 rings (SSSR count). The molecule has 1 amide bonds. The van der Waals surface area contributed by atoms with Gasteiger partial charge in [-0.05, 0) is 48.7 Å². The van der Waals surface area contributed by atoms with E-state index in [0.717, 1.165) is 33.1 Å². The Morgan fingerprint density at radius 3 is 2.66 bits per heavy atom. The zero-order valence-corrected chi connectivity index (χ0v) is 17.0. The molecule has 3 aromatic carbocycles. The first-order valence-corrected chi connectivity index (χ1v) is 9.98. The maximum absolute atomic E-state index is 12.1. The second kappa shape index (κ2) is 7.63. The summed E-state index contributed by atoms with van der Waals surface area (Å²) in [6, 6.07) is 21.4. The molecule has 1 aromatic heterocycles. The Balaban J connectivity index is 2.02. The molecule has 0 fully saturated rings. The van der Waals surface area contributed by atoms with Crippen molar-refractivity contribution >= 4 is 27.7 Å². The third kappa shape index (κ3) is 3.35. The monoisotopic (exact) mass is 385 g/mol. The van der Waals surface area contributed by atoms with Crippen LogP contribution >= 0.6 is 0 Å². The van der Waals surface area contributed by atoms with E-state index in [2.05, 4.69) is 36.6 Å². The number of carbonyl (C=O) groups is 1. The number of hydrogen-bond donors (Lipinski definition) is 1. The Bertz CT molecular complexity index is 1200. The summed E-state index contributed by atoms with van der Waals surface area (Å²) in [5, 5.41) is 1.78. The Kier molecular flexibility index (Phi) is 5.01. The second-order valence-electron chi connectivity index (χ2n) is 7.54. The molecular formula is C25H25N2O2. The van der Waals surface area contributed by atoms with Crippen LogP contribution in [0.3, 0.4) is 0 Å². The van der Waals surface area contributed by atoms with Gasteiger partial charge in [0.15, 0.2) is 0 Å². The molecule has 0 atom stereocenters. The van der Waals surface area contributed by atoms with E-state index in [-0.39, 0.29) is 0 Å². The SMILES string of the molecule is CCOc1ccccc1Cn1c2cc(C(C)C)c[c]c2c2c(C(N)=O)cccc21. The van der Waals surface area contributed by atoms with Gasteiger partial charge in [-0.15, -0.1) is 0 Å². The Hall–Kier alpha value is -3.27. The van der Waals surface area contributed by atoms with Gasteiger partial charge in [-0.2, -0.15) is 0 Å². The molecule has 0 unspecified atom stereocenters. The number of carbonyl (C=O) groups excluding carboxylic acids is 1. The number of amides is 1. The maximum Gasteiger partial charge on any atom is 0.249 e. The lowest BCUT2D eigenvalue weighted by Crippen LogP contribution is -2.11. The fourth-order valence-corrected chi connectivity index (χ4v) is 3.88. The molecule has 29 heavy (non-hydrogen) atoms. The van der Waals surface area contributed by atoms with Gasteiger partial charge in [0.05, 0.1) is 24.2 Å². The Morgan fingerprint density at radius 1 is 1.14 bits per heavy atom. The molecule has 0 spiro atoms. The Morgan fingerprint density at radius 2 is 1.93 bits per heavy atom. The first-order valence-electron chi connectivity index (χ1n) is 9.98. The normalized spacial score (nSPS) is 11.4. The topological polar surface area (TPSA) is 57.2 Å². The van der Waals surface area contributed by atoms with Crippen LogP contribution in [-0.4, -0.2) is 17.1 Å². The number of ether oxygens (including phenoxy) is 1. The van der Waals surface area contributed by atoms with Gasteiger partial charge in [0.2, 0.25) is 5.91 Å². The van der Waals surface area contributed by atoms with Crippen LogP contribution in [0.1, 0.15) is 48.2 Å². The lowest BCUT2D eigenvalue weighted by Gasteiger charge is -2.13. The van der Waals surface area contributed by atoms with Crippen LogP contribution in [0.5, 0.6) is 5.75 Å². The van der Waals surface area contributed by atoms with E-state index in [1.54, 1.807) is 6.07 Å². The van der Waals surface area contributed by atoms with Crippen LogP contribution < -0.4 is 10.5 Å². The van der Waals surface area contributed by atoms with E-state index >= 15 is 0 Å². The molecule has 147 valence electrons. The molecule has 2 N–H and O–H groups in total. The second-order valence-corrected chi connectivity index (χ2v) is 7.54. The summed E-state index contributed by atoms with van der Waals surface area (Å²) < 4.78 is 8.07. The molecule has 4 aromatic rings. The van der Waals surface area contributed by atoms with Gasteiger partial charge in [-0.25, -0.2) is 0 Å². The van der Waals surface area contributed by atoms with Gasteiger partial charge in [-0.3, -0.25) is 4.79 Å². The number of nitrogens with two attached hydrogens (primary N) is 1. The van der Waals surface area contributed by atoms with Crippen molar-refractivity contribution in [2.45, 2.75) is 33.2 Å². The van der Waals surface area contributed by atoms with E-state index in [9.17, 15) is 4.79 Å². The first-order chi connectivity index (χ1) is 14.0. The Labute approximate surface area is 170 Å². The third-order valence-electron chi connectivity index (χ3n) is 5.35. The molecule has 4 nitrogen and oxygen atoms in total. The predicted molar refractivity (Wildman–Crippen MR) is 118 cm³/mol. The van der Waals surface area contributed by atoms with Crippen molar-refractivity contribution in [3.8, 4) is 5.75 Å². The fourth-order valence-electron chi connectivity index (χ4n) is 3.88. The van der Waals surface area contributed by atoms with Crippen molar-refractivity contribution < 1.29 is 9.53 Å². The summed E-state index contributed by atoms with van der Waals surface area (Å²) in [6.45, 7) is 7.57. The number of para-hydroxylation sites is 1. The number of fused-ring (bicyclic) bond motifs is 3. The minimum absolute atomic E-state index is 0.383. The summed E-state index contributed by atoms with van der Waals surface area (Å²) in [7, 11) is 0. The summed E-state index contributed by atoms with van der Waals surface area (Å²) in [5.41, 5.74) is 10.5. The number of primary amides is 1. The van der Waals surface area contributed by atoms with Gasteiger partial charge in [0, 0.05) is 21.9 Å². The first kappa shape index (κ1) is 19.1. The quantitative estimate of drug-likeness (QED) is 0.492. The van der Waals surface area contributed by atoms with E-state index in [1.807, 2.05) is 43.3 Å². The minimum atomic E-state index is -0.425. The molecule has 0 aliphatic rings. The highest BCUT2D eigenvalue weighted by Gasteiger charge is 2.18. The summed E-state index contributed by atoms with van der Waals surface area (Å²) in [4.78, 5) is 12.1. The van der Waals surface area contributed by atoms with Crippen molar-refractivity contribution in [3.05, 3.63) is 77.4 Å². The molecule has 0 bridgehead atoms. The molecule has 0 saturated carbocycles. The smallest absolute Gasteiger partial charge is 0.249 e. The van der Waals surface area contributed by atoms with Crippen molar-refractivity contribution in [2.24, 2.45) is 5.73 Å². The molecule has 0 aliphatic carbocycles. The van der Waals surface area contributed by atoms with Crippen LogP contribution in [0, 0.1) is 6.07 Å². The molecule has 4 heteroatoms. The lowest BCUT2D eigenvalue weighted by molar-refractivity contribution is 0.100. The number of benzene rings is 3. The van der Waals surface area contributed by atoms with Crippen LogP contribution in [0.2, 0.25) is 0 Å². The van der Waals surface area contributed by atoms with Gasteiger partial charge >= 0.3 is 0 Å². The van der Waals surface area contributed by atoms with Crippen LogP contribution in [0.4, 0.5) is 0 Å². The number of nitrogens with zero attached hydrogens (tertiary/aromatic N) is 1. The molecule has 0 aliphatic heterocycles. The zero-order chi connectivity index (χ0) is 20.5. The average molecular weight is 385 g/mol. The predicted octanol–water partition coefficient (Wildman–Crippen LogP) is 5.26. The van der Waals surface area contributed by atoms with Crippen molar-refractivity contribution in [1.29, 1.82) is 0 Å². The fraction of sp³-hybridized carbons (Fsp3) is 0.240. The van der Waals surface area contributed by atoms with Gasteiger partial charge < -0.3 is 15.0 Å². The van der Waals surface area contributed by atoms with Gasteiger partial charge in [0.1, 0.15) is 5.75 Å². The molecule has 0 saturated heterocycles. The van der Waals surface area contributed by atoms with Crippen molar-refractivity contribution in [3.63, 3.8) is 0 Å². The summed E-state index contributed by atoms with van der Waals surface area (Å²) in [5.74, 6) is 0.833. The van der Waals surface area contributed by atoms with E-state index < -0.39 is 5.91 Å². The minimum Gasteiger partial charge on any atom is -0.494 e. The molecular weight excluding hydrogens is 360 g/mol. The van der Waals surface area contributed by atoms with Crippen molar-refractivity contribution in [1.82, 2.24) is 4.57 Å². The van der Waals surface area contributed by atoms with Crippen LogP contribution in [-0.2, 0) is 6.54 Å². The number of rotatable bonds is 6. The zero-order valence-electron chi connectivity index (χ0n) is 17.0. The standard InChI is InChI=1S/C25H25N2O2/c1-4-29-23-11-6-5-8-18(23)15-27-21-10-7-9-20(25(26)28)24(21)19-13-12-17(16(2)3)14-22(19)27/h5-12,14,16H,4,15H2,1-3H3,(H2,26,28). The van der Waals surface area contributed by atoms with Crippen LogP contribution in [0.15, 0.2) is 54.6 Å². The van der Waals surface area contributed by atoms with E-state index in [1.165, 1.54) is 5.56 Å².